The van der Waals surface area contributed by atoms with Gasteiger partial charge < -0.3 is 14.2 Å². The molecule has 1 amide bonds. The van der Waals surface area contributed by atoms with Crippen LogP contribution in [0.1, 0.15) is 23.8 Å². The van der Waals surface area contributed by atoms with Gasteiger partial charge in [-0.05, 0) is 19.4 Å². The number of halogens is 1. The van der Waals surface area contributed by atoms with Crippen molar-refractivity contribution in [1.29, 1.82) is 0 Å². The van der Waals surface area contributed by atoms with E-state index >= 15 is 0 Å². The summed E-state index contributed by atoms with van der Waals surface area (Å²) >= 11 is 5.93. The van der Waals surface area contributed by atoms with Crippen LogP contribution in [0.2, 0.25) is 5.02 Å². The van der Waals surface area contributed by atoms with Crippen LogP contribution in [0.4, 0.5) is 0 Å². The number of amides is 1. The molecule has 0 saturated carbocycles. The Balaban J connectivity index is 2.11. The Hall–Kier alpha value is -1.49. The van der Waals surface area contributed by atoms with E-state index in [1.807, 2.05) is 11.5 Å². The lowest BCUT2D eigenvalue weighted by Crippen LogP contribution is -2.31. The summed E-state index contributed by atoms with van der Waals surface area (Å²) in [6, 6.07) is 1.67. The zero-order valence-corrected chi connectivity index (χ0v) is 11.8. The summed E-state index contributed by atoms with van der Waals surface area (Å²) in [4.78, 5) is 25.5. The Labute approximate surface area is 117 Å². The monoisotopic (exact) mass is 284 g/mol. The predicted octanol–water partition coefficient (Wildman–Crippen LogP) is 1.80. The molecule has 1 unspecified atom stereocenters. The second-order valence-electron chi connectivity index (χ2n) is 4.59. The SMILES string of the molecule is CCn1cc(Cl)cc1C(=O)N1CCC(C(=O)OC)C1. The standard InChI is InChI=1S/C13H17ClN2O3/c1-3-15-8-10(14)6-11(15)12(17)16-5-4-9(7-16)13(18)19-2/h6,8-9H,3-5,7H2,1-2H3. The molecular formula is C13H17ClN2O3. The highest BCUT2D eigenvalue weighted by molar-refractivity contribution is 6.31. The molecule has 1 aliphatic rings. The van der Waals surface area contributed by atoms with Crippen molar-refractivity contribution in [3.8, 4) is 0 Å². The van der Waals surface area contributed by atoms with Crippen LogP contribution in [0.25, 0.3) is 0 Å². The number of hydrogen-bond donors (Lipinski definition) is 0. The zero-order valence-electron chi connectivity index (χ0n) is 11.1. The van der Waals surface area contributed by atoms with Crippen molar-refractivity contribution in [1.82, 2.24) is 9.47 Å². The molecule has 0 N–H and O–H groups in total. The van der Waals surface area contributed by atoms with E-state index in [0.29, 0.717) is 36.8 Å². The molecule has 1 aromatic heterocycles. The maximum Gasteiger partial charge on any atom is 0.310 e. The van der Waals surface area contributed by atoms with E-state index < -0.39 is 0 Å². The number of nitrogens with zero attached hydrogens (tertiary/aromatic N) is 2. The van der Waals surface area contributed by atoms with Crippen molar-refractivity contribution in [2.75, 3.05) is 20.2 Å². The summed E-state index contributed by atoms with van der Waals surface area (Å²) in [5.41, 5.74) is 0.568. The van der Waals surface area contributed by atoms with Crippen molar-refractivity contribution >= 4 is 23.5 Å². The van der Waals surface area contributed by atoms with Gasteiger partial charge in [0.05, 0.1) is 18.1 Å². The second kappa shape index (κ2) is 5.65. The van der Waals surface area contributed by atoms with Gasteiger partial charge >= 0.3 is 5.97 Å². The van der Waals surface area contributed by atoms with E-state index in [9.17, 15) is 9.59 Å². The van der Waals surface area contributed by atoms with Crippen molar-refractivity contribution < 1.29 is 14.3 Å². The molecule has 6 heteroatoms. The van der Waals surface area contributed by atoms with Crippen molar-refractivity contribution in [2.24, 2.45) is 5.92 Å². The average molecular weight is 285 g/mol. The van der Waals surface area contributed by atoms with E-state index in [-0.39, 0.29) is 17.8 Å². The Kier molecular flexibility index (Phi) is 4.14. The lowest BCUT2D eigenvalue weighted by molar-refractivity contribution is -0.144. The minimum absolute atomic E-state index is 0.0832. The van der Waals surface area contributed by atoms with Gasteiger partial charge in [-0.25, -0.2) is 0 Å². The minimum Gasteiger partial charge on any atom is -0.469 e. The molecule has 0 radical (unpaired) electrons. The molecule has 1 saturated heterocycles. The molecule has 0 aromatic carbocycles. The number of esters is 1. The molecule has 1 aromatic rings. The Bertz CT molecular complexity index is 498. The summed E-state index contributed by atoms with van der Waals surface area (Å²) in [6.07, 6.45) is 2.39. The largest absolute Gasteiger partial charge is 0.469 e. The lowest BCUT2D eigenvalue weighted by atomic mass is 10.1. The highest BCUT2D eigenvalue weighted by atomic mass is 35.5. The van der Waals surface area contributed by atoms with Gasteiger partial charge in [-0.15, -0.1) is 0 Å². The fourth-order valence-corrected chi connectivity index (χ4v) is 2.60. The molecule has 0 spiro atoms. The van der Waals surface area contributed by atoms with Gasteiger partial charge in [0.25, 0.3) is 5.91 Å². The number of aryl methyl sites for hydroxylation is 1. The van der Waals surface area contributed by atoms with E-state index in [2.05, 4.69) is 0 Å². The highest BCUT2D eigenvalue weighted by Crippen LogP contribution is 2.22. The predicted molar refractivity (Wildman–Crippen MR) is 71.1 cm³/mol. The van der Waals surface area contributed by atoms with Crippen molar-refractivity contribution in [3.63, 3.8) is 0 Å². The van der Waals surface area contributed by atoms with E-state index in [0.717, 1.165) is 0 Å². The van der Waals surface area contributed by atoms with Crippen LogP contribution in [-0.4, -0.2) is 41.5 Å². The first kappa shape index (κ1) is 13.9. The van der Waals surface area contributed by atoms with Gasteiger partial charge in [0.2, 0.25) is 0 Å². The first-order valence-corrected chi connectivity index (χ1v) is 6.67. The summed E-state index contributed by atoms with van der Waals surface area (Å²) < 4.78 is 6.53. The summed E-state index contributed by atoms with van der Waals surface area (Å²) in [5.74, 6) is -0.547. The fourth-order valence-electron chi connectivity index (χ4n) is 2.38. The third-order valence-electron chi connectivity index (χ3n) is 3.43. The zero-order chi connectivity index (χ0) is 14.0. The first-order valence-electron chi connectivity index (χ1n) is 6.29. The van der Waals surface area contributed by atoms with Crippen LogP contribution in [0.15, 0.2) is 12.3 Å². The summed E-state index contributed by atoms with van der Waals surface area (Å²) in [6.45, 7) is 3.62. The highest BCUT2D eigenvalue weighted by Gasteiger charge is 2.33. The molecule has 1 aliphatic heterocycles. The molecular weight excluding hydrogens is 268 g/mol. The number of likely N-dealkylation sites (tertiary alicyclic amines) is 1. The van der Waals surface area contributed by atoms with Gasteiger partial charge in [0, 0.05) is 25.8 Å². The molecule has 1 fully saturated rings. The maximum absolute atomic E-state index is 12.4. The van der Waals surface area contributed by atoms with Gasteiger partial charge in [-0.3, -0.25) is 9.59 Å². The van der Waals surface area contributed by atoms with Crippen LogP contribution in [-0.2, 0) is 16.1 Å². The molecule has 2 heterocycles. The number of carbonyl (C=O) groups is 2. The Morgan fingerprint density at radius 3 is 2.89 bits per heavy atom. The first-order chi connectivity index (χ1) is 9.06. The third-order valence-corrected chi connectivity index (χ3v) is 3.64. The van der Waals surface area contributed by atoms with Crippen LogP contribution in [0, 0.1) is 5.92 Å². The molecule has 1 atom stereocenters. The van der Waals surface area contributed by atoms with Gasteiger partial charge in [-0.2, -0.15) is 0 Å². The molecule has 2 rings (SSSR count). The molecule has 5 nitrogen and oxygen atoms in total. The number of ether oxygens (including phenoxy) is 1. The van der Waals surface area contributed by atoms with Crippen LogP contribution < -0.4 is 0 Å². The number of carbonyl (C=O) groups excluding carboxylic acids is 2. The molecule has 0 bridgehead atoms. The molecule has 104 valence electrons. The number of rotatable bonds is 3. The minimum atomic E-state index is -0.251. The van der Waals surface area contributed by atoms with Gasteiger partial charge in [0.1, 0.15) is 5.69 Å². The summed E-state index contributed by atoms with van der Waals surface area (Å²) in [7, 11) is 1.37. The van der Waals surface area contributed by atoms with Crippen molar-refractivity contribution in [3.05, 3.63) is 23.0 Å². The van der Waals surface area contributed by atoms with Crippen LogP contribution >= 0.6 is 11.6 Å². The van der Waals surface area contributed by atoms with Crippen molar-refractivity contribution in [2.45, 2.75) is 19.9 Å². The lowest BCUT2D eigenvalue weighted by Gasteiger charge is -2.17. The normalized spacial score (nSPS) is 18.7. The Morgan fingerprint density at radius 1 is 1.53 bits per heavy atom. The number of hydrogen-bond acceptors (Lipinski definition) is 3. The van der Waals surface area contributed by atoms with E-state index in [4.69, 9.17) is 16.3 Å². The fraction of sp³-hybridized carbons (Fsp3) is 0.538. The Morgan fingerprint density at radius 2 is 2.26 bits per heavy atom. The molecule has 0 aliphatic carbocycles. The second-order valence-corrected chi connectivity index (χ2v) is 5.03. The third kappa shape index (κ3) is 2.76. The van der Waals surface area contributed by atoms with Gasteiger partial charge in [0.15, 0.2) is 0 Å². The average Bonchev–Trinajstić information content (AvgIpc) is 3.03. The number of methoxy groups -OCH3 is 1. The summed E-state index contributed by atoms with van der Waals surface area (Å²) in [5, 5.41) is 0.550. The topological polar surface area (TPSA) is 51.5 Å². The quantitative estimate of drug-likeness (QED) is 0.795. The van der Waals surface area contributed by atoms with E-state index in [1.165, 1.54) is 7.11 Å². The van der Waals surface area contributed by atoms with Gasteiger partial charge in [-0.1, -0.05) is 11.6 Å². The van der Waals surface area contributed by atoms with Crippen LogP contribution in [0.3, 0.4) is 0 Å². The molecule has 19 heavy (non-hydrogen) atoms. The maximum atomic E-state index is 12.4. The smallest absolute Gasteiger partial charge is 0.310 e. The van der Waals surface area contributed by atoms with Crippen LogP contribution in [0.5, 0.6) is 0 Å². The number of aromatic nitrogens is 1. The van der Waals surface area contributed by atoms with E-state index in [1.54, 1.807) is 17.2 Å².